The fourth-order valence-corrected chi connectivity index (χ4v) is 4.80. The van der Waals surface area contributed by atoms with E-state index in [1.165, 1.54) is 0 Å². The van der Waals surface area contributed by atoms with Crippen LogP contribution in [-0.2, 0) is 10.3 Å². The summed E-state index contributed by atoms with van der Waals surface area (Å²) in [7, 11) is 0. The standard InChI is InChI=1S/C26H28N6O3/c27-14-13-26(32-16-21(23(28)33)24(31-32)30-25(34)18-3-4-18)11-9-20(10-12-26)29-19-7-5-17(6-8-19)22-2-1-15-35-22/h1-2,5-8,15-16,18,20,29H,3-4,9-13H2,(H2,28,33)(H,30,31,34). The van der Waals surface area contributed by atoms with Crippen molar-refractivity contribution in [3.05, 3.63) is 54.4 Å². The normalized spacial score (nSPS) is 21.7. The molecule has 5 rings (SSSR count). The molecule has 4 N–H and O–H groups in total. The van der Waals surface area contributed by atoms with Crippen LogP contribution in [0.5, 0.6) is 0 Å². The SMILES string of the molecule is N#CCC1(n2cc(C(N)=O)c(NC(=O)C3CC3)n2)CCC(Nc2ccc(-c3ccco3)cc2)CC1. The summed E-state index contributed by atoms with van der Waals surface area (Å²) in [6, 6.07) is 14.5. The largest absolute Gasteiger partial charge is 0.464 e. The predicted octanol–water partition coefficient (Wildman–Crippen LogP) is 4.25. The molecule has 2 saturated carbocycles. The predicted molar refractivity (Wildman–Crippen MR) is 130 cm³/mol. The molecule has 9 nitrogen and oxygen atoms in total. The van der Waals surface area contributed by atoms with E-state index in [1.54, 1.807) is 17.1 Å². The van der Waals surface area contributed by atoms with Crippen LogP contribution in [-0.4, -0.2) is 27.6 Å². The summed E-state index contributed by atoms with van der Waals surface area (Å²) in [5, 5.41) is 20.5. The first-order valence-corrected chi connectivity index (χ1v) is 12.0. The maximum Gasteiger partial charge on any atom is 0.254 e. The van der Waals surface area contributed by atoms with E-state index in [0.717, 1.165) is 42.7 Å². The number of rotatable bonds is 8. The average Bonchev–Trinajstić information content (AvgIpc) is 3.39. The average molecular weight is 473 g/mol. The summed E-state index contributed by atoms with van der Waals surface area (Å²) in [5.41, 5.74) is 7.23. The molecule has 2 aromatic heterocycles. The van der Waals surface area contributed by atoms with Gasteiger partial charge in [-0.2, -0.15) is 10.4 Å². The Hall–Kier alpha value is -4.06. The molecule has 35 heavy (non-hydrogen) atoms. The highest BCUT2D eigenvalue weighted by Gasteiger charge is 2.39. The zero-order chi connectivity index (χ0) is 24.4. The molecule has 180 valence electrons. The van der Waals surface area contributed by atoms with Gasteiger partial charge in [-0.15, -0.1) is 0 Å². The third-order valence-electron chi connectivity index (χ3n) is 7.04. The van der Waals surface area contributed by atoms with Crippen molar-refractivity contribution in [2.75, 3.05) is 10.6 Å². The Balaban J connectivity index is 1.28. The number of aromatic nitrogens is 2. The lowest BCUT2D eigenvalue weighted by Crippen LogP contribution is -2.41. The molecule has 0 radical (unpaired) electrons. The molecular weight excluding hydrogens is 444 g/mol. The van der Waals surface area contributed by atoms with Gasteiger partial charge in [0, 0.05) is 29.4 Å². The smallest absolute Gasteiger partial charge is 0.254 e. The van der Waals surface area contributed by atoms with E-state index in [-0.39, 0.29) is 35.7 Å². The second-order valence-electron chi connectivity index (χ2n) is 9.50. The summed E-state index contributed by atoms with van der Waals surface area (Å²) in [4.78, 5) is 24.3. The first-order valence-electron chi connectivity index (χ1n) is 12.0. The van der Waals surface area contributed by atoms with Gasteiger partial charge in [0.15, 0.2) is 5.82 Å². The van der Waals surface area contributed by atoms with E-state index in [0.29, 0.717) is 12.8 Å². The number of nitrogens with one attached hydrogen (secondary N) is 2. The quantitative estimate of drug-likeness (QED) is 0.448. The van der Waals surface area contributed by atoms with Gasteiger partial charge in [0.25, 0.3) is 5.91 Å². The number of carbonyl (C=O) groups is 2. The molecule has 1 aromatic carbocycles. The Morgan fingerprint density at radius 3 is 2.51 bits per heavy atom. The molecule has 2 fully saturated rings. The van der Waals surface area contributed by atoms with Gasteiger partial charge in [-0.25, -0.2) is 0 Å². The van der Waals surface area contributed by atoms with Gasteiger partial charge in [-0.05, 0) is 74.9 Å². The first kappa shape index (κ1) is 22.7. The number of amides is 2. The Morgan fingerprint density at radius 1 is 1.17 bits per heavy atom. The van der Waals surface area contributed by atoms with Gasteiger partial charge < -0.3 is 20.8 Å². The third-order valence-corrected chi connectivity index (χ3v) is 7.04. The van der Waals surface area contributed by atoms with Crippen molar-refractivity contribution in [2.24, 2.45) is 11.7 Å². The highest BCUT2D eigenvalue weighted by Crippen LogP contribution is 2.39. The van der Waals surface area contributed by atoms with Crippen molar-refractivity contribution in [1.29, 1.82) is 5.26 Å². The molecular formula is C26H28N6O3. The highest BCUT2D eigenvalue weighted by atomic mass is 16.3. The van der Waals surface area contributed by atoms with E-state index in [2.05, 4.69) is 21.8 Å². The van der Waals surface area contributed by atoms with Gasteiger partial charge >= 0.3 is 0 Å². The van der Waals surface area contributed by atoms with Crippen LogP contribution < -0.4 is 16.4 Å². The summed E-state index contributed by atoms with van der Waals surface area (Å²) in [5.74, 6) is 0.200. The summed E-state index contributed by atoms with van der Waals surface area (Å²) in [6.07, 6.45) is 8.27. The van der Waals surface area contributed by atoms with Crippen molar-refractivity contribution in [3.63, 3.8) is 0 Å². The van der Waals surface area contributed by atoms with Crippen molar-refractivity contribution in [1.82, 2.24) is 9.78 Å². The van der Waals surface area contributed by atoms with Gasteiger partial charge in [-0.1, -0.05) is 0 Å². The lowest BCUT2D eigenvalue weighted by Gasteiger charge is -2.39. The number of nitriles is 1. The van der Waals surface area contributed by atoms with Crippen LogP contribution in [0.3, 0.4) is 0 Å². The fraction of sp³-hybridized carbons (Fsp3) is 0.385. The zero-order valence-electron chi connectivity index (χ0n) is 19.4. The van der Waals surface area contributed by atoms with E-state index in [4.69, 9.17) is 10.2 Å². The zero-order valence-corrected chi connectivity index (χ0v) is 19.4. The molecule has 2 amide bonds. The van der Waals surface area contributed by atoms with Crippen molar-refractivity contribution >= 4 is 23.3 Å². The summed E-state index contributed by atoms with van der Waals surface area (Å²) < 4.78 is 7.14. The molecule has 2 aliphatic rings. The lowest BCUT2D eigenvalue weighted by molar-refractivity contribution is -0.117. The molecule has 9 heteroatoms. The number of benzene rings is 1. The molecule has 0 saturated heterocycles. The highest BCUT2D eigenvalue weighted by molar-refractivity contribution is 6.02. The number of nitrogens with zero attached hydrogens (tertiary/aromatic N) is 3. The minimum Gasteiger partial charge on any atom is -0.464 e. The topological polar surface area (TPSA) is 139 Å². The van der Waals surface area contributed by atoms with Crippen LogP contribution in [0.2, 0.25) is 0 Å². The van der Waals surface area contributed by atoms with Gasteiger partial charge in [0.2, 0.25) is 5.91 Å². The minimum atomic E-state index is -0.650. The molecule has 2 aliphatic carbocycles. The first-order chi connectivity index (χ1) is 17.0. The number of furan rings is 1. The molecule has 2 heterocycles. The second-order valence-corrected chi connectivity index (χ2v) is 9.50. The number of hydrogen-bond donors (Lipinski definition) is 3. The van der Waals surface area contributed by atoms with Crippen LogP contribution in [0, 0.1) is 17.2 Å². The van der Waals surface area contributed by atoms with Crippen molar-refractivity contribution < 1.29 is 14.0 Å². The Labute approximate surface area is 203 Å². The van der Waals surface area contributed by atoms with Gasteiger partial charge in [-0.3, -0.25) is 14.3 Å². The molecule has 3 aromatic rings. The number of anilines is 2. The maximum atomic E-state index is 12.3. The maximum absolute atomic E-state index is 12.3. The molecule has 0 bridgehead atoms. The second kappa shape index (κ2) is 9.29. The van der Waals surface area contributed by atoms with Crippen molar-refractivity contribution in [2.45, 2.75) is 56.5 Å². The van der Waals surface area contributed by atoms with Crippen LogP contribution in [0.1, 0.15) is 55.3 Å². The van der Waals surface area contributed by atoms with Crippen LogP contribution in [0.25, 0.3) is 11.3 Å². The number of primary amides is 1. The number of carbonyl (C=O) groups excluding carboxylic acids is 2. The monoisotopic (exact) mass is 472 g/mol. The van der Waals surface area contributed by atoms with Crippen LogP contribution in [0.4, 0.5) is 11.5 Å². The minimum absolute atomic E-state index is 0.0244. The lowest BCUT2D eigenvalue weighted by atomic mass is 9.77. The van der Waals surface area contributed by atoms with Crippen LogP contribution in [0.15, 0.2) is 53.3 Å². The molecule has 0 atom stereocenters. The fourth-order valence-electron chi connectivity index (χ4n) is 4.80. The molecule has 0 aliphatic heterocycles. The van der Waals surface area contributed by atoms with Crippen LogP contribution >= 0.6 is 0 Å². The third kappa shape index (κ3) is 4.78. The summed E-state index contributed by atoms with van der Waals surface area (Å²) >= 11 is 0. The number of nitrogens with two attached hydrogens (primary N) is 1. The van der Waals surface area contributed by atoms with E-state index in [9.17, 15) is 14.9 Å². The summed E-state index contributed by atoms with van der Waals surface area (Å²) in [6.45, 7) is 0. The van der Waals surface area contributed by atoms with Gasteiger partial charge in [0.05, 0.1) is 24.3 Å². The number of hydrogen-bond acceptors (Lipinski definition) is 6. The molecule has 0 unspecified atom stereocenters. The van der Waals surface area contributed by atoms with E-state index < -0.39 is 11.4 Å². The Bertz CT molecular complexity index is 1240. The van der Waals surface area contributed by atoms with E-state index in [1.807, 2.05) is 36.4 Å². The van der Waals surface area contributed by atoms with Crippen molar-refractivity contribution in [3.8, 4) is 17.4 Å². The van der Waals surface area contributed by atoms with Gasteiger partial charge in [0.1, 0.15) is 11.3 Å². The molecule has 0 spiro atoms. The Morgan fingerprint density at radius 2 is 1.91 bits per heavy atom. The van der Waals surface area contributed by atoms with E-state index >= 15 is 0 Å². The Kier molecular flexibility index (Phi) is 6.03.